The van der Waals surface area contributed by atoms with Gasteiger partial charge in [0.2, 0.25) is 5.91 Å². The molecule has 0 saturated heterocycles. The van der Waals surface area contributed by atoms with E-state index < -0.39 is 11.8 Å². The number of imide groups is 1. The SMILES string of the molecule is CC1=CC(=O)N(c2cccc(C(N)=O)c2)C1=O. The predicted molar refractivity (Wildman–Crippen MR) is 61.2 cm³/mol. The number of hydrogen-bond acceptors (Lipinski definition) is 3. The number of anilines is 1. The molecule has 86 valence electrons. The van der Waals surface area contributed by atoms with E-state index in [-0.39, 0.29) is 11.5 Å². The second kappa shape index (κ2) is 3.86. The summed E-state index contributed by atoms with van der Waals surface area (Å²) in [5.41, 5.74) is 6.12. The van der Waals surface area contributed by atoms with Crippen molar-refractivity contribution in [2.24, 2.45) is 5.73 Å². The van der Waals surface area contributed by atoms with Crippen molar-refractivity contribution in [1.29, 1.82) is 0 Å². The summed E-state index contributed by atoms with van der Waals surface area (Å²) in [6.45, 7) is 1.57. The molecule has 2 rings (SSSR count). The summed E-state index contributed by atoms with van der Waals surface area (Å²) >= 11 is 0. The standard InChI is InChI=1S/C12H10N2O3/c1-7-5-10(15)14(12(7)17)9-4-2-3-8(6-9)11(13)16/h2-6H,1H3,(H2,13,16). The fraction of sp³-hybridized carbons (Fsp3) is 0.0833. The highest BCUT2D eigenvalue weighted by Crippen LogP contribution is 2.22. The van der Waals surface area contributed by atoms with Gasteiger partial charge in [0.25, 0.3) is 11.8 Å². The molecule has 17 heavy (non-hydrogen) atoms. The molecule has 1 aliphatic rings. The van der Waals surface area contributed by atoms with Crippen molar-refractivity contribution >= 4 is 23.4 Å². The molecule has 0 fully saturated rings. The maximum Gasteiger partial charge on any atom is 0.261 e. The predicted octanol–water partition coefficient (Wildman–Crippen LogP) is 0.605. The molecule has 3 amide bonds. The lowest BCUT2D eigenvalue weighted by atomic mass is 10.2. The molecule has 0 saturated carbocycles. The first kappa shape index (κ1) is 11.1. The Balaban J connectivity index is 2.42. The van der Waals surface area contributed by atoms with Gasteiger partial charge in [-0.05, 0) is 25.1 Å². The molecule has 1 aromatic rings. The average Bonchev–Trinajstić information content (AvgIpc) is 2.53. The molecule has 1 aromatic carbocycles. The van der Waals surface area contributed by atoms with E-state index in [2.05, 4.69) is 0 Å². The minimum atomic E-state index is -0.601. The zero-order valence-electron chi connectivity index (χ0n) is 9.14. The molecule has 0 atom stereocenters. The Morgan fingerprint density at radius 3 is 2.53 bits per heavy atom. The molecule has 0 aliphatic carbocycles. The van der Waals surface area contributed by atoms with E-state index >= 15 is 0 Å². The quantitative estimate of drug-likeness (QED) is 0.755. The number of nitrogens with two attached hydrogens (primary N) is 1. The van der Waals surface area contributed by atoms with Crippen molar-refractivity contribution in [3.63, 3.8) is 0 Å². The minimum Gasteiger partial charge on any atom is -0.366 e. The lowest BCUT2D eigenvalue weighted by molar-refractivity contribution is -0.120. The fourth-order valence-corrected chi connectivity index (χ4v) is 1.63. The third kappa shape index (κ3) is 1.82. The van der Waals surface area contributed by atoms with Crippen LogP contribution in [0.1, 0.15) is 17.3 Å². The molecule has 0 bridgehead atoms. The van der Waals surface area contributed by atoms with Gasteiger partial charge in [-0.25, -0.2) is 4.90 Å². The van der Waals surface area contributed by atoms with Crippen molar-refractivity contribution in [2.45, 2.75) is 6.92 Å². The number of hydrogen-bond donors (Lipinski definition) is 1. The van der Waals surface area contributed by atoms with E-state index in [0.717, 1.165) is 4.90 Å². The van der Waals surface area contributed by atoms with Crippen LogP contribution in [0.15, 0.2) is 35.9 Å². The van der Waals surface area contributed by atoms with E-state index in [9.17, 15) is 14.4 Å². The van der Waals surface area contributed by atoms with Gasteiger partial charge in [0.1, 0.15) is 0 Å². The lowest BCUT2D eigenvalue weighted by Crippen LogP contribution is -2.30. The number of rotatable bonds is 2. The molecule has 5 nitrogen and oxygen atoms in total. The summed E-state index contributed by atoms with van der Waals surface area (Å²) in [6.07, 6.45) is 1.26. The first-order valence-electron chi connectivity index (χ1n) is 4.97. The topological polar surface area (TPSA) is 80.5 Å². The van der Waals surface area contributed by atoms with E-state index in [4.69, 9.17) is 5.73 Å². The van der Waals surface area contributed by atoms with Gasteiger partial charge < -0.3 is 5.73 Å². The van der Waals surface area contributed by atoms with Gasteiger partial charge in [0, 0.05) is 17.2 Å². The first-order valence-corrected chi connectivity index (χ1v) is 4.97. The van der Waals surface area contributed by atoms with Crippen molar-refractivity contribution < 1.29 is 14.4 Å². The van der Waals surface area contributed by atoms with Crippen LogP contribution in [0.4, 0.5) is 5.69 Å². The van der Waals surface area contributed by atoms with E-state index in [1.54, 1.807) is 19.1 Å². The second-order valence-corrected chi connectivity index (χ2v) is 3.72. The Labute approximate surface area is 97.5 Å². The molecule has 0 spiro atoms. The largest absolute Gasteiger partial charge is 0.366 e. The molecule has 0 aromatic heterocycles. The number of carbonyl (C=O) groups excluding carboxylic acids is 3. The Morgan fingerprint density at radius 2 is 2.00 bits per heavy atom. The highest BCUT2D eigenvalue weighted by molar-refractivity contribution is 6.30. The van der Waals surface area contributed by atoms with Crippen molar-refractivity contribution in [2.75, 3.05) is 4.90 Å². The summed E-state index contributed by atoms with van der Waals surface area (Å²) in [7, 11) is 0. The lowest BCUT2D eigenvalue weighted by Gasteiger charge is -2.14. The fourth-order valence-electron chi connectivity index (χ4n) is 1.63. The van der Waals surface area contributed by atoms with Gasteiger partial charge in [-0.3, -0.25) is 14.4 Å². The Morgan fingerprint density at radius 1 is 1.29 bits per heavy atom. The summed E-state index contributed by atoms with van der Waals surface area (Å²) in [4.78, 5) is 35.3. The normalized spacial score (nSPS) is 15.1. The maximum absolute atomic E-state index is 11.7. The minimum absolute atomic E-state index is 0.257. The average molecular weight is 230 g/mol. The van der Waals surface area contributed by atoms with Gasteiger partial charge in [-0.15, -0.1) is 0 Å². The monoisotopic (exact) mass is 230 g/mol. The van der Waals surface area contributed by atoms with E-state index in [0.29, 0.717) is 11.3 Å². The molecular weight excluding hydrogens is 220 g/mol. The first-order chi connectivity index (χ1) is 8.00. The number of benzene rings is 1. The molecular formula is C12H10N2O3. The second-order valence-electron chi connectivity index (χ2n) is 3.72. The molecule has 5 heteroatoms. The Hall–Kier alpha value is -2.43. The molecule has 0 unspecified atom stereocenters. The van der Waals surface area contributed by atoms with Crippen LogP contribution in [0.3, 0.4) is 0 Å². The molecule has 2 N–H and O–H groups in total. The number of amides is 3. The van der Waals surface area contributed by atoms with Crippen LogP contribution in [0, 0.1) is 0 Å². The van der Waals surface area contributed by atoms with E-state index in [1.807, 2.05) is 0 Å². The van der Waals surface area contributed by atoms with Crippen LogP contribution in [-0.4, -0.2) is 17.7 Å². The van der Waals surface area contributed by atoms with Crippen LogP contribution >= 0.6 is 0 Å². The Bertz CT molecular complexity index is 561. The van der Waals surface area contributed by atoms with Crippen molar-refractivity contribution in [3.05, 3.63) is 41.5 Å². The molecule has 1 aliphatic heterocycles. The van der Waals surface area contributed by atoms with Gasteiger partial charge >= 0.3 is 0 Å². The van der Waals surface area contributed by atoms with Gasteiger partial charge in [-0.2, -0.15) is 0 Å². The Kier molecular flexibility index (Phi) is 2.51. The van der Waals surface area contributed by atoms with E-state index in [1.165, 1.54) is 18.2 Å². The zero-order valence-corrected chi connectivity index (χ0v) is 9.14. The van der Waals surface area contributed by atoms with Crippen molar-refractivity contribution in [1.82, 2.24) is 0 Å². The van der Waals surface area contributed by atoms with Gasteiger partial charge in [-0.1, -0.05) is 6.07 Å². The summed E-state index contributed by atoms with van der Waals surface area (Å²) < 4.78 is 0. The molecule has 0 radical (unpaired) electrons. The summed E-state index contributed by atoms with van der Waals surface area (Å²) in [5, 5.41) is 0. The molecule has 1 heterocycles. The number of nitrogens with zero attached hydrogens (tertiary/aromatic N) is 1. The summed E-state index contributed by atoms with van der Waals surface area (Å²) in [6, 6.07) is 6.10. The third-order valence-corrected chi connectivity index (χ3v) is 2.49. The zero-order chi connectivity index (χ0) is 12.6. The van der Waals surface area contributed by atoms with Crippen LogP contribution in [0.25, 0.3) is 0 Å². The maximum atomic E-state index is 11.7. The van der Waals surface area contributed by atoms with Crippen LogP contribution in [0.5, 0.6) is 0 Å². The third-order valence-electron chi connectivity index (χ3n) is 2.49. The van der Waals surface area contributed by atoms with Gasteiger partial charge in [0.15, 0.2) is 0 Å². The highest BCUT2D eigenvalue weighted by atomic mass is 16.2. The van der Waals surface area contributed by atoms with Gasteiger partial charge in [0.05, 0.1) is 5.69 Å². The number of carbonyl (C=O) groups is 3. The van der Waals surface area contributed by atoms with Crippen LogP contribution in [0.2, 0.25) is 0 Å². The number of primary amides is 1. The smallest absolute Gasteiger partial charge is 0.261 e. The van der Waals surface area contributed by atoms with Crippen LogP contribution < -0.4 is 10.6 Å². The highest BCUT2D eigenvalue weighted by Gasteiger charge is 2.29. The van der Waals surface area contributed by atoms with Crippen LogP contribution in [-0.2, 0) is 9.59 Å². The van der Waals surface area contributed by atoms with Crippen molar-refractivity contribution in [3.8, 4) is 0 Å². The summed E-state index contributed by atoms with van der Waals surface area (Å²) in [5.74, 6) is -1.39.